The molecule has 3 atom stereocenters. The zero-order valence-corrected chi connectivity index (χ0v) is 13.8. The lowest BCUT2D eigenvalue weighted by molar-refractivity contribution is 0.108. The third kappa shape index (κ3) is 2.19. The number of hydrogen-bond acceptors (Lipinski definition) is 1. The summed E-state index contributed by atoms with van der Waals surface area (Å²) in [5, 5.41) is 4.73. The van der Waals surface area contributed by atoms with Gasteiger partial charge in [0.15, 0.2) is 0 Å². The summed E-state index contributed by atoms with van der Waals surface area (Å²) in [6.07, 6.45) is 4.17. The van der Waals surface area contributed by atoms with Crippen LogP contribution >= 0.6 is 11.6 Å². The lowest BCUT2D eigenvalue weighted by Crippen LogP contribution is -2.49. The normalized spacial score (nSPS) is 34.6. The first-order valence-electron chi connectivity index (χ1n) is 7.81. The van der Waals surface area contributed by atoms with E-state index >= 15 is 0 Å². The molecule has 2 heteroatoms. The maximum Gasteiger partial charge on any atom is 0.0453 e. The van der Waals surface area contributed by atoms with Crippen molar-refractivity contribution < 1.29 is 0 Å². The average Bonchev–Trinajstić information content (AvgIpc) is 2.82. The van der Waals surface area contributed by atoms with Crippen molar-refractivity contribution in [2.75, 3.05) is 0 Å². The molecule has 0 saturated heterocycles. The van der Waals surface area contributed by atoms with Gasteiger partial charge in [0.2, 0.25) is 0 Å². The van der Waals surface area contributed by atoms with E-state index in [0.29, 0.717) is 16.9 Å². The van der Waals surface area contributed by atoms with Gasteiger partial charge in [-0.15, -0.1) is 0 Å². The molecule has 2 fully saturated rings. The quantitative estimate of drug-likeness (QED) is 0.830. The molecule has 0 aromatic heterocycles. The molecule has 2 bridgehead atoms. The van der Waals surface area contributed by atoms with Crippen molar-refractivity contribution in [1.82, 2.24) is 5.32 Å². The molecule has 110 valence electrons. The molecule has 2 aliphatic carbocycles. The Labute approximate surface area is 128 Å². The van der Waals surface area contributed by atoms with E-state index in [4.69, 9.17) is 11.6 Å². The lowest BCUT2D eigenvalue weighted by atomic mass is 9.68. The summed E-state index contributed by atoms with van der Waals surface area (Å²) in [4.78, 5) is 0. The van der Waals surface area contributed by atoms with E-state index in [1.807, 2.05) is 0 Å². The topological polar surface area (TPSA) is 12.0 Å². The van der Waals surface area contributed by atoms with Crippen LogP contribution in [0.25, 0.3) is 0 Å². The van der Waals surface area contributed by atoms with Crippen molar-refractivity contribution >= 4 is 11.6 Å². The Hall–Kier alpha value is -0.530. The summed E-state index contributed by atoms with van der Waals surface area (Å²) in [6.45, 7) is 10.3. The van der Waals surface area contributed by atoms with E-state index in [9.17, 15) is 0 Å². The highest BCUT2D eigenvalue weighted by atomic mass is 35.5. The van der Waals surface area contributed by atoms with Gasteiger partial charge in [-0.2, -0.15) is 0 Å². The summed E-state index contributed by atoms with van der Waals surface area (Å²) in [5.74, 6) is 0.887. The molecule has 0 aliphatic heterocycles. The molecule has 1 N–H and O–H groups in total. The molecule has 3 rings (SSSR count). The van der Waals surface area contributed by atoms with Crippen molar-refractivity contribution in [2.24, 2.45) is 16.7 Å². The molecule has 0 amide bonds. The van der Waals surface area contributed by atoms with Gasteiger partial charge in [0, 0.05) is 17.6 Å². The Morgan fingerprint density at radius 2 is 2.05 bits per heavy atom. The first-order valence-corrected chi connectivity index (χ1v) is 8.19. The van der Waals surface area contributed by atoms with Crippen LogP contribution in [-0.2, 0) is 6.54 Å². The van der Waals surface area contributed by atoms with Crippen LogP contribution in [0.1, 0.15) is 51.2 Å². The number of hydrogen-bond donors (Lipinski definition) is 1. The van der Waals surface area contributed by atoms with Crippen molar-refractivity contribution in [3.8, 4) is 0 Å². The first kappa shape index (κ1) is 14.4. The zero-order chi connectivity index (χ0) is 14.5. The van der Waals surface area contributed by atoms with Crippen molar-refractivity contribution in [1.29, 1.82) is 0 Å². The molecule has 0 spiro atoms. The van der Waals surface area contributed by atoms with Crippen LogP contribution in [0.5, 0.6) is 0 Å². The summed E-state index contributed by atoms with van der Waals surface area (Å²) in [5.41, 5.74) is 3.33. The molecule has 20 heavy (non-hydrogen) atoms. The first-order chi connectivity index (χ1) is 9.33. The Morgan fingerprint density at radius 3 is 2.65 bits per heavy atom. The highest BCUT2D eigenvalue weighted by Crippen LogP contribution is 2.62. The van der Waals surface area contributed by atoms with Gasteiger partial charge in [-0.1, -0.05) is 44.5 Å². The predicted molar refractivity (Wildman–Crippen MR) is 86.0 cm³/mol. The van der Waals surface area contributed by atoms with Gasteiger partial charge in [0.25, 0.3) is 0 Å². The molecule has 3 unspecified atom stereocenters. The van der Waals surface area contributed by atoms with Gasteiger partial charge in [-0.25, -0.2) is 0 Å². The molecule has 1 nitrogen and oxygen atoms in total. The van der Waals surface area contributed by atoms with Crippen LogP contribution in [0.3, 0.4) is 0 Å². The Kier molecular flexibility index (Phi) is 3.42. The van der Waals surface area contributed by atoms with Crippen LogP contribution in [0, 0.1) is 23.7 Å². The predicted octanol–water partition coefficient (Wildman–Crippen LogP) is 4.95. The van der Waals surface area contributed by atoms with Crippen LogP contribution in [-0.4, -0.2) is 6.04 Å². The zero-order valence-electron chi connectivity index (χ0n) is 13.1. The minimum Gasteiger partial charge on any atom is -0.309 e. The number of fused-ring (bicyclic) bond motifs is 2. The second kappa shape index (κ2) is 4.74. The second-order valence-electron chi connectivity index (χ2n) is 7.82. The largest absolute Gasteiger partial charge is 0.309 e. The summed E-state index contributed by atoms with van der Waals surface area (Å²) < 4.78 is 0. The number of benzene rings is 1. The SMILES string of the molecule is Cc1ccc(CNC2C3(C)CCC(C3)C2(C)C)c(Cl)c1. The number of rotatable bonds is 3. The van der Waals surface area contributed by atoms with Crippen LogP contribution in [0.15, 0.2) is 18.2 Å². The van der Waals surface area contributed by atoms with E-state index < -0.39 is 0 Å². The van der Waals surface area contributed by atoms with E-state index in [2.05, 4.69) is 51.2 Å². The van der Waals surface area contributed by atoms with Crippen LogP contribution < -0.4 is 5.32 Å². The second-order valence-corrected chi connectivity index (χ2v) is 8.23. The fraction of sp³-hybridized carbons (Fsp3) is 0.667. The van der Waals surface area contributed by atoms with Gasteiger partial charge >= 0.3 is 0 Å². The number of halogens is 1. The molecular formula is C18H26ClN. The van der Waals surface area contributed by atoms with E-state index in [0.717, 1.165) is 17.5 Å². The molecule has 2 aliphatic rings. The van der Waals surface area contributed by atoms with Gasteiger partial charge in [0.05, 0.1) is 0 Å². The van der Waals surface area contributed by atoms with Gasteiger partial charge in [0.1, 0.15) is 0 Å². The fourth-order valence-electron chi connectivity index (χ4n) is 4.82. The minimum absolute atomic E-state index is 0.407. The number of nitrogens with one attached hydrogen (secondary N) is 1. The monoisotopic (exact) mass is 291 g/mol. The van der Waals surface area contributed by atoms with E-state index in [-0.39, 0.29) is 0 Å². The van der Waals surface area contributed by atoms with Crippen LogP contribution in [0.2, 0.25) is 5.02 Å². The molecule has 0 radical (unpaired) electrons. The third-order valence-corrected chi connectivity index (χ3v) is 6.33. The fourth-order valence-corrected chi connectivity index (χ4v) is 5.12. The maximum absolute atomic E-state index is 6.36. The highest BCUT2D eigenvalue weighted by Gasteiger charge is 2.58. The third-order valence-electron chi connectivity index (χ3n) is 5.97. The Morgan fingerprint density at radius 1 is 1.30 bits per heavy atom. The van der Waals surface area contributed by atoms with Crippen molar-refractivity contribution in [3.05, 3.63) is 34.3 Å². The summed E-state index contributed by atoms with van der Waals surface area (Å²) in [7, 11) is 0. The van der Waals surface area contributed by atoms with Gasteiger partial charge in [-0.3, -0.25) is 0 Å². The van der Waals surface area contributed by atoms with Crippen molar-refractivity contribution in [2.45, 2.75) is 59.5 Å². The molecule has 0 heterocycles. The lowest BCUT2D eigenvalue weighted by Gasteiger charge is -2.43. The van der Waals surface area contributed by atoms with Gasteiger partial charge in [-0.05, 0) is 60.1 Å². The molecule has 1 aromatic rings. The van der Waals surface area contributed by atoms with Gasteiger partial charge < -0.3 is 5.32 Å². The molecule has 1 aromatic carbocycles. The summed E-state index contributed by atoms with van der Waals surface area (Å²) in [6, 6.07) is 6.97. The van der Waals surface area contributed by atoms with Crippen molar-refractivity contribution in [3.63, 3.8) is 0 Å². The average molecular weight is 292 g/mol. The number of aryl methyl sites for hydroxylation is 1. The Bertz CT molecular complexity index is 517. The highest BCUT2D eigenvalue weighted by molar-refractivity contribution is 6.31. The standard InChI is InChI=1S/C18H26ClN/c1-12-5-6-13(15(19)9-12)11-20-16-17(2,3)14-7-8-18(16,4)10-14/h5-6,9,14,16,20H,7-8,10-11H2,1-4H3. The van der Waals surface area contributed by atoms with Crippen LogP contribution in [0.4, 0.5) is 0 Å². The Balaban J connectivity index is 1.75. The maximum atomic E-state index is 6.36. The summed E-state index contributed by atoms with van der Waals surface area (Å²) >= 11 is 6.36. The molecule has 2 saturated carbocycles. The molecular weight excluding hydrogens is 266 g/mol. The van der Waals surface area contributed by atoms with E-state index in [1.54, 1.807) is 0 Å². The smallest absolute Gasteiger partial charge is 0.0453 e. The van der Waals surface area contributed by atoms with E-state index in [1.165, 1.54) is 30.4 Å². The minimum atomic E-state index is 0.407.